The molecule has 0 amide bonds. The van der Waals surface area contributed by atoms with E-state index in [9.17, 15) is 9.18 Å². The fraction of sp³-hybridized carbons (Fsp3) is 0.346. The Labute approximate surface area is 203 Å². The number of carbonyl (C=O) groups excluding carboxylic acids is 1. The lowest BCUT2D eigenvalue weighted by atomic mass is 9.93. The molecule has 35 heavy (non-hydrogen) atoms. The molecule has 0 fully saturated rings. The molecule has 1 atom stereocenters. The first-order valence-electron chi connectivity index (χ1n) is 11.8. The van der Waals surface area contributed by atoms with Crippen LogP contribution in [0, 0.1) is 18.7 Å². The van der Waals surface area contributed by atoms with Gasteiger partial charge in [0.1, 0.15) is 23.7 Å². The maximum absolute atomic E-state index is 13.4. The molecule has 0 aliphatic heterocycles. The Morgan fingerprint density at radius 1 is 1.17 bits per heavy atom. The number of benzene rings is 1. The summed E-state index contributed by atoms with van der Waals surface area (Å²) in [4.78, 5) is 21.3. The Hall–Kier alpha value is -3.88. The molecule has 0 spiro atoms. The van der Waals surface area contributed by atoms with Crippen molar-refractivity contribution in [2.75, 3.05) is 5.32 Å². The lowest BCUT2D eigenvalue weighted by molar-refractivity contribution is -0.119. The molecule has 3 heterocycles. The summed E-state index contributed by atoms with van der Waals surface area (Å²) in [6, 6.07) is 8.24. The molecule has 0 bridgehead atoms. The van der Waals surface area contributed by atoms with Gasteiger partial charge in [-0.2, -0.15) is 10.2 Å². The minimum absolute atomic E-state index is 0.171. The van der Waals surface area contributed by atoms with Gasteiger partial charge in [-0.15, -0.1) is 0 Å². The van der Waals surface area contributed by atoms with E-state index in [1.54, 1.807) is 21.5 Å². The van der Waals surface area contributed by atoms with Gasteiger partial charge in [0.25, 0.3) is 0 Å². The number of nitrogens with one attached hydrogen (secondary N) is 1. The van der Waals surface area contributed by atoms with E-state index in [0.29, 0.717) is 23.9 Å². The van der Waals surface area contributed by atoms with E-state index in [0.717, 1.165) is 40.2 Å². The zero-order valence-corrected chi connectivity index (χ0v) is 20.5. The predicted octanol–water partition coefficient (Wildman–Crippen LogP) is 4.68. The van der Waals surface area contributed by atoms with E-state index >= 15 is 0 Å². The Kier molecular flexibility index (Phi) is 5.70. The standard InChI is InChI=1S/C26H28FN7O/c1-6-18-25(16-7-9-17(27)10-8-16)33(5)32-26(18)30-21-12-22(29-13-28-21)34-15(4)19-11-20(35)23(14(2)3)24(19)31-34/h7-10,12-14,23H,6,11H2,1-5H3,(H,28,29,30,32). The van der Waals surface area contributed by atoms with Crippen molar-refractivity contribution >= 4 is 17.4 Å². The Balaban J connectivity index is 1.49. The monoisotopic (exact) mass is 473 g/mol. The minimum Gasteiger partial charge on any atom is -0.323 e. The molecule has 0 saturated heterocycles. The van der Waals surface area contributed by atoms with Gasteiger partial charge < -0.3 is 5.32 Å². The molecular formula is C26H28FN7O. The van der Waals surface area contributed by atoms with Crippen molar-refractivity contribution in [2.24, 2.45) is 13.0 Å². The van der Waals surface area contributed by atoms with Gasteiger partial charge in [0.15, 0.2) is 11.6 Å². The Bertz CT molecular complexity index is 1420. The number of nitrogens with zero attached hydrogens (tertiary/aromatic N) is 6. The number of aryl methyl sites for hydroxylation is 1. The van der Waals surface area contributed by atoms with Gasteiger partial charge >= 0.3 is 0 Å². The summed E-state index contributed by atoms with van der Waals surface area (Å²) in [7, 11) is 1.87. The summed E-state index contributed by atoms with van der Waals surface area (Å²) in [5, 5.41) is 12.8. The first-order chi connectivity index (χ1) is 16.8. The third kappa shape index (κ3) is 3.90. The van der Waals surface area contributed by atoms with Gasteiger partial charge in [0.05, 0.1) is 17.3 Å². The second kappa shape index (κ2) is 8.72. The highest BCUT2D eigenvalue weighted by atomic mass is 19.1. The fourth-order valence-corrected chi connectivity index (χ4v) is 5.00. The molecule has 0 saturated carbocycles. The van der Waals surface area contributed by atoms with Crippen LogP contribution in [0.4, 0.5) is 16.0 Å². The van der Waals surface area contributed by atoms with Crippen LogP contribution in [-0.2, 0) is 24.7 Å². The van der Waals surface area contributed by atoms with Crippen LogP contribution in [0.5, 0.6) is 0 Å². The van der Waals surface area contributed by atoms with E-state index in [2.05, 4.69) is 41.2 Å². The number of hydrogen-bond acceptors (Lipinski definition) is 6. The van der Waals surface area contributed by atoms with Crippen LogP contribution in [0.1, 0.15) is 49.2 Å². The van der Waals surface area contributed by atoms with Crippen LogP contribution in [0.15, 0.2) is 36.7 Å². The SMILES string of the molecule is CCc1c(Nc2cc(-n3nc4c(c3C)CC(=O)C4C(C)C)ncn2)nn(C)c1-c1ccc(F)cc1. The summed E-state index contributed by atoms with van der Waals surface area (Å²) in [5.74, 6) is 1.87. The number of rotatable bonds is 6. The first kappa shape index (κ1) is 22.9. The zero-order chi connectivity index (χ0) is 24.9. The van der Waals surface area contributed by atoms with E-state index in [4.69, 9.17) is 5.10 Å². The average Bonchev–Trinajstić information content (AvgIpc) is 3.43. The predicted molar refractivity (Wildman–Crippen MR) is 131 cm³/mol. The van der Waals surface area contributed by atoms with Gasteiger partial charge in [0, 0.05) is 41.9 Å². The molecule has 180 valence electrons. The third-order valence-corrected chi connectivity index (χ3v) is 6.66. The number of ketones is 1. The normalized spacial score (nSPS) is 15.2. The number of halogens is 1. The summed E-state index contributed by atoms with van der Waals surface area (Å²) in [6.45, 7) is 8.13. The highest BCUT2D eigenvalue weighted by Gasteiger charge is 2.37. The van der Waals surface area contributed by atoms with Crippen LogP contribution in [0.2, 0.25) is 0 Å². The quantitative estimate of drug-likeness (QED) is 0.437. The summed E-state index contributed by atoms with van der Waals surface area (Å²) in [5.41, 5.74) is 5.61. The summed E-state index contributed by atoms with van der Waals surface area (Å²) in [6.07, 6.45) is 2.64. The van der Waals surface area contributed by atoms with E-state index in [1.807, 2.05) is 20.0 Å². The first-order valence-corrected chi connectivity index (χ1v) is 11.8. The van der Waals surface area contributed by atoms with Gasteiger partial charge in [-0.1, -0.05) is 20.8 Å². The largest absolute Gasteiger partial charge is 0.323 e. The van der Waals surface area contributed by atoms with E-state index < -0.39 is 0 Å². The van der Waals surface area contributed by atoms with Gasteiger partial charge in [-0.3, -0.25) is 9.48 Å². The van der Waals surface area contributed by atoms with E-state index in [1.165, 1.54) is 18.5 Å². The molecule has 0 radical (unpaired) electrons. The van der Waals surface area contributed by atoms with Crippen LogP contribution in [0.25, 0.3) is 17.1 Å². The third-order valence-electron chi connectivity index (χ3n) is 6.66. The molecule has 1 aliphatic rings. The van der Waals surface area contributed by atoms with Crippen molar-refractivity contribution in [3.63, 3.8) is 0 Å². The maximum atomic E-state index is 13.4. The highest BCUT2D eigenvalue weighted by Crippen LogP contribution is 2.37. The van der Waals surface area contributed by atoms with Crippen molar-refractivity contribution in [3.8, 4) is 17.1 Å². The zero-order valence-electron chi connectivity index (χ0n) is 20.5. The second-order valence-electron chi connectivity index (χ2n) is 9.27. The molecule has 1 unspecified atom stereocenters. The molecule has 9 heteroatoms. The fourth-order valence-electron chi connectivity index (χ4n) is 5.00. The topological polar surface area (TPSA) is 90.5 Å². The van der Waals surface area contributed by atoms with Gasteiger partial charge in [-0.25, -0.2) is 19.0 Å². The summed E-state index contributed by atoms with van der Waals surface area (Å²) >= 11 is 0. The van der Waals surface area contributed by atoms with Gasteiger partial charge in [0.2, 0.25) is 0 Å². The van der Waals surface area contributed by atoms with Crippen LogP contribution >= 0.6 is 0 Å². The lowest BCUT2D eigenvalue weighted by Gasteiger charge is -2.12. The minimum atomic E-state index is -0.273. The highest BCUT2D eigenvalue weighted by molar-refractivity contribution is 5.92. The van der Waals surface area contributed by atoms with Crippen LogP contribution < -0.4 is 5.32 Å². The van der Waals surface area contributed by atoms with E-state index in [-0.39, 0.29) is 23.4 Å². The Morgan fingerprint density at radius 2 is 1.91 bits per heavy atom. The lowest BCUT2D eigenvalue weighted by Crippen LogP contribution is -2.15. The van der Waals surface area contributed by atoms with Crippen LogP contribution in [-0.4, -0.2) is 35.3 Å². The van der Waals surface area contributed by atoms with Crippen molar-refractivity contribution < 1.29 is 9.18 Å². The molecule has 1 aliphatic carbocycles. The van der Waals surface area contributed by atoms with Crippen molar-refractivity contribution in [1.82, 2.24) is 29.5 Å². The molecule has 3 aromatic heterocycles. The number of aromatic nitrogens is 6. The van der Waals surface area contributed by atoms with Crippen molar-refractivity contribution in [2.45, 2.75) is 46.5 Å². The molecule has 4 aromatic rings. The molecule has 1 N–H and O–H groups in total. The second-order valence-corrected chi connectivity index (χ2v) is 9.27. The number of carbonyl (C=O) groups is 1. The Morgan fingerprint density at radius 3 is 2.60 bits per heavy atom. The van der Waals surface area contributed by atoms with Crippen molar-refractivity contribution in [1.29, 1.82) is 0 Å². The maximum Gasteiger partial charge on any atom is 0.159 e. The number of anilines is 2. The van der Waals surface area contributed by atoms with Crippen molar-refractivity contribution in [3.05, 3.63) is 65.0 Å². The molecule has 8 nitrogen and oxygen atoms in total. The number of Topliss-reactive ketones (excluding diaryl/α,β-unsaturated/α-hetero) is 1. The molecular weight excluding hydrogens is 445 g/mol. The summed E-state index contributed by atoms with van der Waals surface area (Å²) < 4.78 is 17.0. The number of hydrogen-bond donors (Lipinski definition) is 1. The van der Waals surface area contributed by atoms with Crippen LogP contribution in [0.3, 0.4) is 0 Å². The van der Waals surface area contributed by atoms with Gasteiger partial charge in [-0.05, 0) is 43.5 Å². The smallest absolute Gasteiger partial charge is 0.159 e. The molecule has 1 aromatic carbocycles. The molecule has 5 rings (SSSR count). The number of fused-ring (bicyclic) bond motifs is 1. The average molecular weight is 474 g/mol.